The number of rotatable bonds is 5. The number of alkyl halides is 1. The monoisotopic (exact) mass is 344 g/mol. The zero-order chi connectivity index (χ0) is 14.7. The van der Waals surface area contributed by atoms with E-state index in [1.54, 1.807) is 7.11 Å². The van der Waals surface area contributed by atoms with Gasteiger partial charge in [0.2, 0.25) is 0 Å². The third-order valence-electron chi connectivity index (χ3n) is 3.87. The van der Waals surface area contributed by atoms with Gasteiger partial charge in [-0.15, -0.1) is 0 Å². The molecule has 2 nitrogen and oxygen atoms in total. The molecule has 19 heavy (non-hydrogen) atoms. The number of hydrogen-bond acceptors (Lipinski definition) is 2. The van der Waals surface area contributed by atoms with E-state index in [1.807, 2.05) is 12.1 Å². The summed E-state index contributed by atoms with van der Waals surface area (Å²) in [6.07, 6.45) is 0.104. The molecule has 0 saturated carbocycles. The Balaban J connectivity index is 2.89. The van der Waals surface area contributed by atoms with Crippen LogP contribution in [0.2, 0.25) is 18.1 Å². The average Bonchev–Trinajstić information content (AvgIpc) is 2.35. The summed E-state index contributed by atoms with van der Waals surface area (Å²) in [5, 5.41) is 1.03. The fourth-order valence-corrected chi connectivity index (χ4v) is 3.57. The Kier molecular flexibility index (Phi) is 5.65. The maximum atomic E-state index is 6.46. The van der Waals surface area contributed by atoms with Crippen LogP contribution in [0.3, 0.4) is 0 Å². The van der Waals surface area contributed by atoms with Crippen molar-refractivity contribution < 1.29 is 9.16 Å². The van der Waals surface area contributed by atoms with E-state index in [1.165, 1.54) is 5.56 Å². The second-order valence-electron chi connectivity index (χ2n) is 6.29. The largest absolute Gasteiger partial charge is 0.497 e. The second-order valence-corrected chi connectivity index (χ2v) is 11.7. The molecule has 0 heterocycles. The number of halogens is 1. The Bertz CT molecular complexity index is 396. The summed E-state index contributed by atoms with van der Waals surface area (Å²) in [5.74, 6) is 0.879. The van der Waals surface area contributed by atoms with Crippen LogP contribution in [0.4, 0.5) is 0 Å². The molecule has 0 aliphatic rings. The molecule has 0 amide bonds. The van der Waals surface area contributed by atoms with E-state index in [9.17, 15) is 0 Å². The summed E-state index contributed by atoms with van der Waals surface area (Å²) in [4.78, 5) is 0. The van der Waals surface area contributed by atoms with E-state index in [-0.39, 0.29) is 11.1 Å². The van der Waals surface area contributed by atoms with Gasteiger partial charge < -0.3 is 9.16 Å². The van der Waals surface area contributed by atoms with Gasteiger partial charge in [0.05, 0.1) is 13.2 Å². The van der Waals surface area contributed by atoms with E-state index in [0.717, 1.165) is 11.1 Å². The van der Waals surface area contributed by atoms with Crippen molar-refractivity contribution in [1.29, 1.82) is 0 Å². The van der Waals surface area contributed by atoms with Crippen LogP contribution in [-0.4, -0.2) is 20.8 Å². The molecule has 1 aromatic carbocycles. The number of benzene rings is 1. The smallest absolute Gasteiger partial charge is 0.192 e. The van der Waals surface area contributed by atoms with Crippen molar-refractivity contribution in [2.24, 2.45) is 0 Å². The predicted octanol–water partition coefficient (Wildman–Crippen LogP) is 5.15. The van der Waals surface area contributed by atoms with Gasteiger partial charge in [0.1, 0.15) is 5.75 Å². The summed E-state index contributed by atoms with van der Waals surface area (Å²) in [6.45, 7) is 11.4. The SMILES string of the molecule is COc1ccc(C(CBr)O[Si](C)(C)C(C)(C)C)cc1. The first kappa shape index (κ1) is 16.7. The predicted molar refractivity (Wildman–Crippen MR) is 87.8 cm³/mol. The molecule has 1 aromatic rings. The van der Waals surface area contributed by atoms with Gasteiger partial charge in [-0.3, -0.25) is 0 Å². The summed E-state index contributed by atoms with van der Waals surface area (Å²) >= 11 is 3.57. The first-order chi connectivity index (χ1) is 8.71. The van der Waals surface area contributed by atoms with Crippen LogP contribution >= 0.6 is 15.9 Å². The maximum Gasteiger partial charge on any atom is 0.192 e. The van der Waals surface area contributed by atoms with Crippen LogP contribution in [0, 0.1) is 0 Å². The summed E-state index contributed by atoms with van der Waals surface area (Å²) in [5.41, 5.74) is 1.20. The fraction of sp³-hybridized carbons (Fsp3) is 0.600. The summed E-state index contributed by atoms with van der Waals surface area (Å²) < 4.78 is 11.7. The highest BCUT2D eigenvalue weighted by atomic mass is 79.9. The average molecular weight is 345 g/mol. The van der Waals surface area contributed by atoms with Crippen LogP contribution in [0.1, 0.15) is 32.4 Å². The van der Waals surface area contributed by atoms with Gasteiger partial charge in [0.15, 0.2) is 8.32 Å². The van der Waals surface area contributed by atoms with Gasteiger partial charge in [-0.2, -0.15) is 0 Å². The zero-order valence-corrected chi connectivity index (χ0v) is 15.4. The lowest BCUT2D eigenvalue weighted by atomic mass is 10.1. The second kappa shape index (κ2) is 6.42. The first-order valence-electron chi connectivity index (χ1n) is 6.59. The molecule has 0 aliphatic heterocycles. The van der Waals surface area contributed by atoms with Crippen LogP contribution in [0.25, 0.3) is 0 Å². The Labute approximate surface area is 126 Å². The van der Waals surface area contributed by atoms with Gasteiger partial charge in [-0.05, 0) is 35.8 Å². The molecule has 0 aromatic heterocycles. The molecule has 0 aliphatic carbocycles. The van der Waals surface area contributed by atoms with E-state index >= 15 is 0 Å². The number of methoxy groups -OCH3 is 1. The first-order valence-corrected chi connectivity index (χ1v) is 10.6. The van der Waals surface area contributed by atoms with E-state index in [0.29, 0.717) is 0 Å². The highest BCUT2D eigenvalue weighted by molar-refractivity contribution is 9.09. The molecule has 0 N–H and O–H groups in total. The van der Waals surface area contributed by atoms with Gasteiger partial charge in [-0.25, -0.2) is 0 Å². The van der Waals surface area contributed by atoms with Gasteiger partial charge >= 0.3 is 0 Å². The molecule has 0 bridgehead atoms. The third kappa shape index (κ3) is 4.33. The van der Waals surface area contributed by atoms with Crippen molar-refractivity contribution in [3.05, 3.63) is 29.8 Å². The Morgan fingerprint density at radius 2 is 1.68 bits per heavy atom. The lowest BCUT2D eigenvalue weighted by Crippen LogP contribution is -2.42. The van der Waals surface area contributed by atoms with Gasteiger partial charge in [0, 0.05) is 5.33 Å². The van der Waals surface area contributed by atoms with Crippen LogP contribution in [0.5, 0.6) is 5.75 Å². The minimum atomic E-state index is -1.75. The van der Waals surface area contributed by atoms with Crippen molar-refractivity contribution in [3.8, 4) is 5.75 Å². The Hall–Kier alpha value is -0.323. The molecule has 0 radical (unpaired) electrons. The number of hydrogen-bond donors (Lipinski definition) is 0. The van der Waals surface area contributed by atoms with Crippen molar-refractivity contribution in [2.45, 2.75) is 45.0 Å². The van der Waals surface area contributed by atoms with Crippen molar-refractivity contribution in [2.75, 3.05) is 12.4 Å². The molecular formula is C15H25BrO2Si. The van der Waals surface area contributed by atoms with Crippen molar-refractivity contribution >= 4 is 24.2 Å². The van der Waals surface area contributed by atoms with Crippen LogP contribution in [0.15, 0.2) is 24.3 Å². The van der Waals surface area contributed by atoms with Gasteiger partial charge in [0.25, 0.3) is 0 Å². The van der Waals surface area contributed by atoms with Crippen molar-refractivity contribution in [3.63, 3.8) is 0 Å². The van der Waals surface area contributed by atoms with Crippen LogP contribution in [-0.2, 0) is 4.43 Å². The quantitative estimate of drug-likeness (QED) is 0.542. The Morgan fingerprint density at radius 3 is 2.05 bits per heavy atom. The summed E-state index contributed by atoms with van der Waals surface area (Å²) in [6, 6.07) is 8.13. The minimum Gasteiger partial charge on any atom is -0.497 e. The van der Waals surface area contributed by atoms with Gasteiger partial charge in [-0.1, -0.05) is 48.8 Å². The molecule has 0 saturated heterocycles. The summed E-state index contributed by atoms with van der Waals surface area (Å²) in [7, 11) is -0.0713. The highest BCUT2D eigenvalue weighted by Crippen LogP contribution is 2.40. The molecule has 1 atom stereocenters. The molecule has 4 heteroatoms. The highest BCUT2D eigenvalue weighted by Gasteiger charge is 2.39. The lowest BCUT2D eigenvalue weighted by molar-refractivity contribution is 0.208. The topological polar surface area (TPSA) is 18.5 Å². The molecular weight excluding hydrogens is 320 g/mol. The minimum absolute atomic E-state index is 0.104. The number of ether oxygens (including phenoxy) is 1. The van der Waals surface area contributed by atoms with E-state index < -0.39 is 8.32 Å². The molecule has 1 unspecified atom stereocenters. The Morgan fingerprint density at radius 1 is 1.16 bits per heavy atom. The zero-order valence-electron chi connectivity index (χ0n) is 12.8. The van der Waals surface area contributed by atoms with Crippen LogP contribution < -0.4 is 4.74 Å². The molecule has 1 rings (SSSR count). The molecule has 0 spiro atoms. The van der Waals surface area contributed by atoms with Crippen molar-refractivity contribution in [1.82, 2.24) is 0 Å². The molecule has 0 fully saturated rings. The van der Waals surface area contributed by atoms with E-state index in [2.05, 4.69) is 61.9 Å². The van der Waals surface area contributed by atoms with E-state index in [4.69, 9.17) is 9.16 Å². The fourth-order valence-electron chi connectivity index (χ4n) is 1.54. The third-order valence-corrected chi connectivity index (χ3v) is 8.95. The lowest BCUT2D eigenvalue weighted by Gasteiger charge is -2.39. The standard InChI is InChI=1S/C15H25BrO2Si/c1-15(2,3)19(5,6)18-14(11-16)12-7-9-13(17-4)10-8-12/h7-10,14H,11H2,1-6H3. The maximum absolute atomic E-state index is 6.46. The normalized spacial score (nSPS) is 14.3. The molecule has 108 valence electrons.